The number of pyridine rings is 1. The van der Waals surface area contributed by atoms with Gasteiger partial charge in [0.1, 0.15) is 41.7 Å². The van der Waals surface area contributed by atoms with Crippen LogP contribution < -0.4 is 4.74 Å². The summed E-state index contributed by atoms with van der Waals surface area (Å²) in [7, 11) is 1.52. The van der Waals surface area contributed by atoms with E-state index in [1.165, 1.54) is 30.8 Å². The van der Waals surface area contributed by atoms with Gasteiger partial charge in [0.05, 0.1) is 42.3 Å². The molecule has 1 atom stereocenters. The summed E-state index contributed by atoms with van der Waals surface area (Å²) in [4.78, 5) is 28.0. The monoisotopic (exact) mass is 602 g/mol. The van der Waals surface area contributed by atoms with Crippen molar-refractivity contribution in [2.24, 2.45) is 0 Å². The molecule has 43 heavy (non-hydrogen) atoms. The standard InChI is InChI=1S/C31H28F2N6O3S/c1-5-26(40)38-15-20-13-24(37-39(20)14-18(38)3)30-28(27-22(33)11-19(32)12-25(27)42-8-7-41-4)31-21(6-9-43-31)29(36-30)23-10-17(2)34-16-35-23/h5-6,9-13,16,18H,1,7-8,14-15H2,2-4H3/t18-/m1/s1. The molecule has 4 aromatic heterocycles. The van der Waals surface area contributed by atoms with Crippen LogP contribution in [0.3, 0.4) is 0 Å². The highest BCUT2D eigenvalue weighted by molar-refractivity contribution is 7.18. The number of nitrogens with zero attached hydrogens (tertiary/aromatic N) is 6. The van der Waals surface area contributed by atoms with Crippen molar-refractivity contribution in [2.45, 2.75) is 33.0 Å². The van der Waals surface area contributed by atoms with Crippen molar-refractivity contribution in [1.82, 2.24) is 29.6 Å². The van der Waals surface area contributed by atoms with Crippen molar-refractivity contribution in [3.05, 3.63) is 77.7 Å². The fourth-order valence-corrected chi connectivity index (χ4v) is 6.26. The smallest absolute Gasteiger partial charge is 0.246 e. The Bertz CT molecular complexity index is 1870. The quantitative estimate of drug-likeness (QED) is 0.163. The summed E-state index contributed by atoms with van der Waals surface area (Å²) in [6.07, 6.45) is 2.77. The van der Waals surface area contributed by atoms with Crippen molar-refractivity contribution >= 4 is 27.3 Å². The van der Waals surface area contributed by atoms with Gasteiger partial charge in [0.15, 0.2) is 0 Å². The second-order valence-electron chi connectivity index (χ2n) is 10.2. The molecule has 0 saturated carbocycles. The minimum absolute atomic E-state index is 0.0262. The van der Waals surface area contributed by atoms with Crippen molar-refractivity contribution in [3.63, 3.8) is 0 Å². The summed E-state index contributed by atoms with van der Waals surface area (Å²) in [5, 5.41) is 7.51. The minimum atomic E-state index is -0.795. The lowest BCUT2D eigenvalue weighted by molar-refractivity contribution is -0.129. The second-order valence-corrected chi connectivity index (χ2v) is 11.1. The lowest BCUT2D eigenvalue weighted by Gasteiger charge is -2.33. The Labute approximate surface area is 250 Å². The summed E-state index contributed by atoms with van der Waals surface area (Å²) in [6, 6.07) is 7.47. The number of methoxy groups -OCH3 is 1. The van der Waals surface area contributed by atoms with Crippen molar-refractivity contribution < 1.29 is 23.0 Å². The van der Waals surface area contributed by atoms with Gasteiger partial charge >= 0.3 is 0 Å². The Morgan fingerprint density at radius 1 is 1.14 bits per heavy atom. The third kappa shape index (κ3) is 5.28. The number of hydrogen-bond donors (Lipinski definition) is 0. The Hall–Kier alpha value is -4.55. The largest absolute Gasteiger partial charge is 0.490 e. The number of fused-ring (bicyclic) bond motifs is 2. The van der Waals surface area contributed by atoms with Crippen molar-refractivity contribution in [3.8, 4) is 39.7 Å². The van der Waals surface area contributed by atoms with Gasteiger partial charge in [-0.1, -0.05) is 6.58 Å². The van der Waals surface area contributed by atoms with E-state index in [4.69, 9.17) is 19.6 Å². The molecule has 0 aliphatic carbocycles. The number of aromatic nitrogens is 5. The maximum atomic E-state index is 15.9. The molecular weight excluding hydrogens is 574 g/mol. The molecule has 6 rings (SSSR count). The number of rotatable bonds is 8. The fourth-order valence-electron chi connectivity index (χ4n) is 5.31. The predicted octanol–water partition coefficient (Wildman–Crippen LogP) is 5.81. The molecule has 0 spiro atoms. The molecule has 220 valence electrons. The molecule has 0 saturated heterocycles. The van der Waals surface area contributed by atoms with Crippen LogP contribution in [0, 0.1) is 18.6 Å². The summed E-state index contributed by atoms with van der Waals surface area (Å²) in [5.74, 6) is -1.71. The Kier molecular flexibility index (Phi) is 7.72. The van der Waals surface area contributed by atoms with E-state index in [0.717, 1.165) is 28.9 Å². The Morgan fingerprint density at radius 3 is 2.74 bits per heavy atom. The third-order valence-electron chi connectivity index (χ3n) is 7.33. The van der Waals surface area contributed by atoms with Crippen LogP contribution >= 0.6 is 11.3 Å². The average molecular weight is 603 g/mol. The van der Waals surface area contributed by atoms with Crippen molar-refractivity contribution in [1.29, 1.82) is 0 Å². The van der Waals surface area contributed by atoms with Gasteiger partial charge in [-0.2, -0.15) is 5.10 Å². The van der Waals surface area contributed by atoms with Crippen LogP contribution in [-0.4, -0.2) is 61.9 Å². The van der Waals surface area contributed by atoms with Gasteiger partial charge in [-0.25, -0.2) is 23.7 Å². The Balaban J connectivity index is 1.63. The van der Waals surface area contributed by atoms with E-state index < -0.39 is 11.6 Å². The molecule has 0 fully saturated rings. The molecule has 0 radical (unpaired) electrons. The molecular formula is C31H28F2N6O3S. The predicted molar refractivity (Wildman–Crippen MR) is 160 cm³/mol. The molecule has 0 N–H and O–H groups in total. The number of halogens is 2. The molecule has 0 bridgehead atoms. The van der Waals surface area contributed by atoms with Gasteiger partial charge in [0.25, 0.3) is 0 Å². The van der Waals surface area contributed by atoms with E-state index in [1.807, 2.05) is 42.1 Å². The highest BCUT2D eigenvalue weighted by Crippen LogP contribution is 2.47. The topological polar surface area (TPSA) is 95.3 Å². The normalized spacial score (nSPS) is 14.6. The maximum absolute atomic E-state index is 15.9. The van der Waals surface area contributed by atoms with Gasteiger partial charge in [0, 0.05) is 46.6 Å². The van der Waals surface area contributed by atoms with Crippen LogP contribution in [0.5, 0.6) is 5.75 Å². The van der Waals surface area contributed by atoms with Gasteiger partial charge in [-0.3, -0.25) is 9.48 Å². The van der Waals surface area contributed by atoms with Crippen LogP contribution in [0.4, 0.5) is 8.78 Å². The molecule has 1 amide bonds. The third-order valence-corrected chi connectivity index (χ3v) is 8.27. The molecule has 1 aromatic carbocycles. The summed E-state index contributed by atoms with van der Waals surface area (Å²) in [6.45, 7) is 8.54. The zero-order valence-electron chi connectivity index (χ0n) is 23.8. The van der Waals surface area contributed by atoms with Crippen LogP contribution in [0.1, 0.15) is 18.3 Å². The lowest BCUT2D eigenvalue weighted by Crippen LogP contribution is -2.44. The number of benzene rings is 1. The number of amides is 1. The zero-order chi connectivity index (χ0) is 30.2. The highest BCUT2D eigenvalue weighted by Gasteiger charge is 2.30. The van der Waals surface area contributed by atoms with Gasteiger partial charge in [-0.05, 0) is 43.5 Å². The van der Waals surface area contributed by atoms with Gasteiger partial charge in [-0.15, -0.1) is 11.3 Å². The first-order chi connectivity index (χ1) is 20.8. The average Bonchev–Trinajstić information content (AvgIpc) is 3.63. The van der Waals surface area contributed by atoms with Crippen LogP contribution in [0.25, 0.3) is 44.0 Å². The number of thiophene rings is 1. The number of carbonyl (C=O) groups excluding carboxylic acids is 1. The highest BCUT2D eigenvalue weighted by atomic mass is 32.1. The lowest BCUT2D eigenvalue weighted by atomic mass is 9.97. The van der Waals surface area contributed by atoms with E-state index >= 15 is 4.39 Å². The van der Waals surface area contributed by atoms with E-state index in [0.29, 0.717) is 46.1 Å². The molecule has 5 aromatic rings. The zero-order valence-corrected chi connectivity index (χ0v) is 24.6. The molecule has 0 unspecified atom stereocenters. The van der Waals surface area contributed by atoms with Crippen LogP contribution in [-0.2, 0) is 22.6 Å². The fraction of sp³-hybridized carbons (Fsp3) is 0.258. The first kappa shape index (κ1) is 28.6. The van der Waals surface area contributed by atoms with Gasteiger partial charge < -0.3 is 14.4 Å². The first-order valence-corrected chi connectivity index (χ1v) is 14.5. The van der Waals surface area contributed by atoms with Crippen LogP contribution in [0.2, 0.25) is 0 Å². The molecule has 5 heterocycles. The molecule has 9 nitrogen and oxygen atoms in total. The maximum Gasteiger partial charge on any atom is 0.246 e. The number of aryl methyl sites for hydroxylation is 1. The summed E-state index contributed by atoms with van der Waals surface area (Å²) < 4.78 is 43.9. The van der Waals surface area contributed by atoms with Crippen LogP contribution in [0.15, 0.2) is 54.7 Å². The van der Waals surface area contributed by atoms with Gasteiger partial charge in [0.2, 0.25) is 5.91 Å². The molecule has 1 aliphatic heterocycles. The summed E-state index contributed by atoms with van der Waals surface area (Å²) >= 11 is 1.40. The molecule has 1 aliphatic rings. The second kappa shape index (κ2) is 11.6. The van der Waals surface area contributed by atoms with E-state index in [2.05, 4.69) is 16.5 Å². The number of hydrogen-bond acceptors (Lipinski definition) is 8. The van der Waals surface area contributed by atoms with E-state index in [9.17, 15) is 9.18 Å². The van der Waals surface area contributed by atoms with E-state index in [-0.39, 0.29) is 36.5 Å². The van der Waals surface area contributed by atoms with Crippen molar-refractivity contribution in [2.75, 3.05) is 20.3 Å². The Morgan fingerprint density at radius 2 is 1.98 bits per heavy atom. The minimum Gasteiger partial charge on any atom is -0.490 e. The first-order valence-electron chi connectivity index (χ1n) is 13.6. The number of carbonyl (C=O) groups is 1. The molecule has 12 heteroatoms. The summed E-state index contributed by atoms with van der Waals surface area (Å²) in [5.41, 5.74) is 4.06. The number of ether oxygens (including phenoxy) is 2. The van der Waals surface area contributed by atoms with E-state index in [1.54, 1.807) is 4.90 Å². The SMILES string of the molecule is C=CC(=O)N1Cc2cc(-c3nc(-c4cc(C)ncn4)c4ccsc4c3-c3c(F)cc(F)cc3OCCOC)nn2C[C@H]1C.